The van der Waals surface area contributed by atoms with Crippen LogP contribution in [0.25, 0.3) is 0 Å². The molecule has 0 N–H and O–H groups in total. The summed E-state index contributed by atoms with van der Waals surface area (Å²) in [4.78, 5) is 4.16. The highest BCUT2D eigenvalue weighted by Crippen LogP contribution is 2.18. The minimum Gasteiger partial charge on any atom is -0.493 e. The number of ether oxygens (including phenoxy) is 1. The fraction of sp³-hybridized carbons (Fsp3) is 0.500. The standard InChI is InChI=1S/C12H17NOS/c1-3-4-5-8-14-12-6-7-13-11(9-15)10(12)2/h6-7,9H,3-5,8H2,1-2H3. The van der Waals surface area contributed by atoms with E-state index in [2.05, 4.69) is 11.9 Å². The highest BCUT2D eigenvalue weighted by molar-refractivity contribution is 7.79. The zero-order valence-corrected chi connectivity index (χ0v) is 10.1. The van der Waals surface area contributed by atoms with E-state index in [4.69, 9.17) is 17.0 Å². The first-order valence-corrected chi connectivity index (χ1v) is 5.80. The fourth-order valence-electron chi connectivity index (χ4n) is 1.34. The van der Waals surface area contributed by atoms with Gasteiger partial charge in [-0.25, -0.2) is 0 Å². The number of nitrogens with zero attached hydrogens (tertiary/aromatic N) is 1. The molecule has 0 unspecified atom stereocenters. The molecule has 1 rings (SSSR count). The lowest BCUT2D eigenvalue weighted by atomic mass is 10.2. The second-order valence-electron chi connectivity index (χ2n) is 3.49. The first-order chi connectivity index (χ1) is 7.29. The Morgan fingerprint density at radius 1 is 1.47 bits per heavy atom. The van der Waals surface area contributed by atoms with Gasteiger partial charge in [-0.1, -0.05) is 32.0 Å². The molecule has 2 nitrogen and oxygen atoms in total. The molecule has 0 fully saturated rings. The average molecular weight is 223 g/mol. The van der Waals surface area contributed by atoms with Crippen LogP contribution < -0.4 is 4.74 Å². The van der Waals surface area contributed by atoms with E-state index in [1.54, 1.807) is 11.6 Å². The smallest absolute Gasteiger partial charge is 0.125 e. The van der Waals surface area contributed by atoms with Crippen LogP contribution in [0.3, 0.4) is 0 Å². The molecular formula is C12H17NOS. The molecule has 0 amide bonds. The van der Waals surface area contributed by atoms with Crippen molar-refractivity contribution >= 4 is 17.6 Å². The Labute approximate surface area is 96.7 Å². The fourth-order valence-corrected chi connectivity index (χ4v) is 1.58. The van der Waals surface area contributed by atoms with Crippen molar-refractivity contribution in [3.8, 4) is 5.75 Å². The third-order valence-electron chi connectivity index (χ3n) is 2.31. The zero-order valence-electron chi connectivity index (χ0n) is 9.32. The van der Waals surface area contributed by atoms with Crippen molar-refractivity contribution in [3.05, 3.63) is 23.5 Å². The molecule has 1 heterocycles. The van der Waals surface area contributed by atoms with Crippen LogP contribution in [0.15, 0.2) is 12.3 Å². The largest absolute Gasteiger partial charge is 0.493 e. The van der Waals surface area contributed by atoms with Crippen LogP contribution in [0, 0.1) is 6.92 Å². The molecule has 0 saturated carbocycles. The molecule has 0 aliphatic rings. The van der Waals surface area contributed by atoms with Crippen molar-refractivity contribution in [1.29, 1.82) is 0 Å². The molecule has 0 atom stereocenters. The first-order valence-electron chi connectivity index (χ1n) is 5.33. The quantitative estimate of drug-likeness (QED) is 0.545. The van der Waals surface area contributed by atoms with E-state index in [-0.39, 0.29) is 0 Å². The number of hydrogen-bond acceptors (Lipinski definition) is 3. The van der Waals surface area contributed by atoms with Crippen molar-refractivity contribution in [1.82, 2.24) is 4.98 Å². The topological polar surface area (TPSA) is 22.1 Å². The van der Waals surface area contributed by atoms with Crippen molar-refractivity contribution in [2.45, 2.75) is 33.1 Å². The van der Waals surface area contributed by atoms with Gasteiger partial charge in [-0.3, -0.25) is 4.98 Å². The molecule has 0 radical (unpaired) electrons. The molecule has 1 aromatic heterocycles. The summed E-state index contributed by atoms with van der Waals surface area (Å²) in [6, 6.07) is 1.89. The van der Waals surface area contributed by atoms with Gasteiger partial charge < -0.3 is 4.74 Å². The Balaban J connectivity index is 2.57. The van der Waals surface area contributed by atoms with Crippen molar-refractivity contribution in [2.75, 3.05) is 6.61 Å². The molecule has 3 heteroatoms. The van der Waals surface area contributed by atoms with Gasteiger partial charge in [0.25, 0.3) is 0 Å². The van der Waals surface area contributed by atoms with Crippen molar-refractivity contribution < 1.29 is 4.74 Å². The zero-order chi connectivity index (χ0) is 11.1. The van der Waals surface area contributed by atoms with E-state index in [0.29, 0.717) is 0 Å². The summed E-state index contributed by atoms with van der Waals surface area (Å²) in [7, 11) is 0. The van der Waals surface area contributed by atoms with Gasteiger partial charge in [0.15, 0.2) is 0 Å². The number of hydrogen-bond donors (Lipinski definition) is 0. The Bertz CT molecular complexity index is 325. The van der Waals surface area contributed by atoms with Gasteiger partial charge in [0.05, 0.1) is 12.3 Å². The normalized spacial score (nSPS) is 10.0. The van der Waals surface area contributed by atoms with Crippen LogP contribution in [-0.2, 0) is 0 Å². The van der Waals surface area contributed by atoms with E-state index in [0.717, 1.165) is 30.0 Å². The molecule has 1 aromatic rings. The molecule has 0 saturated heterocycles. The van der Waals surface area contributed by atoms with Crippen LogP contribution in [0.1, 0.15) is 37.4 Å². The Hall–Kier alpha value is -0.960. The molecular weight excluding hydrogens is 206 g/mol. The maximum atomic E-state index is 5.68. The number of thiocarbonyl (C=S) groups is 1. The lowest BCUT2D eigenvalue weighted by Crippen LogP contribution is -2.01. The van der Waals surface area contributed by atoms with E-state index in [1.807, 2.05) is 13.0 Å². The minimum atomic E-state index is 0.773. The summed E-state index contributed by atoms with van der Waals surface area (Å²) in [5, 5.41) is 1.59. The van der Waals surface area contributed by atoms with E-state index >= 15 is 0 Å². The molecule has 0 aromatic carbocycles. The first kappa shape index (κ1) is 12.1. The summed E-state index contributed by atoms with van der Waals surface area (Å²) in [5.74, 6) is 0.900. The van der Waals surface area contributed by atoms with Crippen molar-refractivity contribution in [2.24, 2.45) is 0 Å². The van der Waals surface area contributed by atoms with Gasteiger partial charge in [0.1, 0.15) is 5.75 Å². The van der Waals surface area contributed by atoms with Gasteiger partial charge in [0.2, 0.25) is 0 Å². The lowest BCUT2D eigenvalue weighted by Gasteiger charge is -2.09. The number of rotatable bonds is 6. The van der Waals surface area contributed by atoms with Gasteiger partial charge in [0, 0.05) is 17.1 Å². The van der Waals surface area contributed by atoms with E-state index in [9.17, 15) is 0 Å². The summed E-state index contributed by atoms with van der Waals surface area (Å²) in [6.07, 6.45) is 5.26. The lowest BCUT2D eigenvalue weighted by molar-refractivity contribution is 0.304. The third-order valence-corrected chi connectivity index (χ3v) is 2.53. The van der Waals surface area contributed by atoms with E-state index < -0.39 is 0 Å². The van der Waals surface area contributed by atoms with Crippen LogP contribution >= 0.6 is 12.2 Å². The maximum absolute atomic E-state index is 5.68. The number of unbranched alkanes of at least 4 members (excludes halogenated alkanes) is 2. The average Bonchev–Trinajstić information content (AvgIpc) is 2.26. The van der Waals surface area contributed by atoms with Crippen LogP contribution in [-0.4, -0.2) is 17.0 Å². The van der Waals surface area contributed by atoms with Crippen LogP contribution in [0.2, 0.25) is 0 Å². The second kappa shape index (κ2) is 6.51. The van der Waals surface area contributed by atoms with Crippen molar-refractivity contribution in [3.63, 3.8) is 0 Å². The Morgan fingerprint density at radius 2 is 2.27 bits per heavy atom. The third kappa shape index (κ3) is 3.59. The minimum absolute atomic E-state index is 0.773. The predicted molar refractivity (Wildman–Crippen MR) is 66.8 cm³/mol. The predicted octanol–water partition coefficient (Wildman–Crippen LogP) is 3.31. The van der Waals surface area contributed by atoms with Crippen LogP contribution in [0.5, 0.6) is 5.75 Å². The molecule has 82 valence electrons. The highest BCUT2D eigenvalue weighted by atomic mass is 32.1. The maximum Gasteiger partial charge on any atom is 0.125 e. The van der Waals surface area contributed by atoms with E-state index in [1.165, 1.54) is 12.8 Å². The SMILES string of the molecule is CCCCCOc1ccnc(C=S)c1C. The molecule has 15 heavy (non-hydrogen) atoms. The summed E-state index contributed by atoms with van der Waals surface area (Å²) < 4.78 is 5.68. The molecule has 0 bridgehead atoms. The number of aromatic nitrogens is 1. The Morgan fingerprint density at radius 3 is 2.93 bits per heavy atom. The van der Waals surface area contributed by atoms with Gasteiger partial charge >= 0.3 is 0 Å². The summed E-state index contributed by atoms with van der Waals surface area (Å²) in [6.45, 7) is 4.94. The second-order valence-corrected chi connectivity index (χ2v) is 3.73. The highest BCUT2D eigenvalue weighted by Gasteiger charge is 2.03. The molecule has 0 aliphatic carbocycles. The summed E-state index contributed by atoms with van der Waals surface area (Å²) in [5.41, 5.74) is 1.86. The number of pyridine rings is 1. The van der Waals surface area contributed by atoms with Gasteiger partial charge in [-0.15, -0.1) is 0 Å². The summed E-state index contributed by atoms with van der Waals surface area (Å²) >= 11 is 4.88. The monoisotopic (exact) mass is 223 g/mol. The van der Waals surface area contributed by atoms with Gasteiger partial charge in [-0.2, -0.15) is 0 Å². The molecule has 0 spiro atoms. The molecule has 0 aliphatic heterocycles. The van der Waals surface area contributed by atoms with Gasteiger partial charge in [-0.05, 0) is 19.4 Å². The Kier molecular flexibility index (Phi) is 5.26. The van der Waals surface area contributed by atoms with Crippen LogP contribution in [0.4, 0.5) is 0 Å².